The van der Waals surface area contributed by atoms with E-state index in [1.165, 1.54) is 6.26 Å². The highest BCUT2D eigenvalue weighted by Gasteiger charge is 2.10. The number of furan rings is 1. The molecule has 1 amide bonds. The molecule has 2 aromatic carbocycles. The topological polar surface area (TPSA) is 51.5 Å². The fraction of sp³-hybridized carbons (Fsp3) is 0.0500. The average Bonchev–Trinajstić information content (AvgIpc) is 3.16. The minimum atomic E-state index is -0.276. The molecule has 0 unspecified atom stereocenters. The average molecular weight is 319 g/mol. The molecule has 0 aliphatic carbocycles. The van der Waals surface area contributed by atoms with Crippen LogP contribution >= 0.6 is 0 Å². The molecule has 1 aromatic heterocycles. The lowest BCUT2D eigenvalue weighted by atomic mass is 10.1. The maximum Gasteiger partial charge on any atom is 0.291 e. The van der Waals surface area contributed by atoms with Crippen molar-refractivity contribution in [3.8, 4) is 5.75 Å². The third kappa shape index (κ3) is 3.73. The van der Waals surface area contributed by atoms with Crippen LogP contribution in [0.3, 0.4) is 0 Å². The first kappa shape index (κ1) is 15.6. The van der Waals surface area contributed by atoms with E-state index in [0.29, 0.717) is 0 Å². The molecule has 0 fully saturated rings. The van der Waals surface area contributed by atoms with Gasteiger partial charge in [0.1, 0.15) is 5.75 Å². The number of anilines is 1. The van der Waals surface area contributed by atoms with Crippen LogP contribution in [0, 0.1) is 0 Å². The van der Waals surface area contributed by atoms with Crippen LogP contribution in [0.1, 0.15) is 21.7 Å². The Morgan fingerprint density at radius 1 is 1.04 bits per heavy atom. The largest absolute Gasteiger partial charge is 0.497 e. The molecule has 0 radical (unpaired) electrons. The normalized spacial score (nSPS) is 10.7. The van der Waals surface area contributed by atoms with Gasteiger partial charge in [-0.1, -0.05) is 42.5 Å². The summed E-state index contributed by atoms with van der Waals surface area (Å²) in [5, 5.41) is 2.86. The summed E-state index contributed by atoms with van der Waals surface area (Å²) < 4.78 is 10.3. The van der Waals surface area contributed by atoms with Crippen LogP contribution in [-0.2, 0) is 0 Å². The van der Waals surface area contributed by atoms with Gasteiger partial charge in [0.05, 0.1) is 13.4 Å². The Labute approximate surface area is 140 Å². The minimum Gasteiger partial charge on any atom is -0.497 e. The first-order chi connectivity index (χ1) is 11.8. The van der Waals surface area contributed by atoms with E-state index in [4.69, 9.17) is 9.15 Å². The van der Waals surface area contributed by atoms with E-state index in [0.717, 1.165) is 22.6 Å². The summed E-state index contributed by atoms with van der Waals surface area (Å²) in [6.07, 6.45) is 5.40. The zero-order valence-electron chi connectivity index (χ0n) is 13.2. The Balaban J connectivity index is 1.81. The molecule has 1 N–H and O–H groups in total. The van der Waals surface area contributed by atoms with Gasteiger partial charge < -0.3 is 14.5 Å². The van der Waals surface area contributed by atoms with Crippen LogP contribution in [0.15, 0.2) is 71.3 Å². The second kappa shape index (κ2) is 7.33. The molecule has 120 valence electrons. The summed E-state index contributed by atoms with van der Waals surface area (Å²) in [4.78, 5) is 12.1. The lowest BCUT2D eigenvalue weighted by molar-refractivity contribution is 0.0996. The van der Waals surface area contributed by atoms with Crippen molar-refractivity contribution in [2.24, 2.45) is 0 Å². The molecular weight excluding hydrogens is 302 g/mol. The Bertz CT molecular complexity index is 851. The van der Waals surface area contributed by atoms with Crippen molar-refractivity contribution in [3.05, 3.63) is 83.8 Å². The molecule has 3 rings (SSSR count). The molecular formula is C20H17NO3. The van der Waals surface area contributed by atoms with Crippen molar-refractivity contribution >= 4 is 23.7 Å². The van der Waals surface area contributed by atoms with Crippen LogP contribution in [0.2, 0.25) is 0 Å². The highest BCUT2D eigenvalue weighted by molar-refractivity contribution is 6.03. The van der Waals surface area contributed by atoms with E-state index >= 15 is 0 Å². The number of hydrogen-bond acceptors (Lipinski definition) is 3. The molecule has 0 saturated heterocycles. The maximum atomic E-state index is 12.1. The minimum absolute atomic E-state index is 0.276. The van der Waals surface area contributed by atoms with Gasteiger partial charge in [-0.15, -0.1) is 0 Å². The molecule has 4 heteroatoms. The number of nitrogens with one attached hydrogen (secondary N) is 1. The zero-order chi connectivity index (χ0) is 16.8. The highest BCUT2D eigenvalue weighted by atomic mass is 16.5. The number of carbonyl (C=O) groups is 1. The highest BCUT2D eigenvalue weighted by Crippen LogP contribution is 2.20. The second-order valence-corrected chi connectivity index (χ2v) is 5.13. The van der Waals surface area contributed by atoms with E-state index < -0.39 is 0 Å². The third-order valence-electron chi connectivity index (χ3n) is 3.50. The quantitative estimate of drug-likeness (QED) is 0.693. The molecule has 3 aromatic rings. The monoisotopic (exact) mass is 319 g/mol. The lowest BCUT2D eigenvalue weighted by Gasteiger charge is -2.07. The lowest BCUT2D eigenvalue weighted by Crippen LogP contribution is -2.11. The Morgan fingerprint density at radius 2 is 1.92 bits per heavy atom. The number of para-hydroxylation sites is 1. The second-order valence-electron chi connectivity index (χ2n) is 5.13. The predicted molar refractivity (Wildman–Crippen MR) is 95.0 cm³/mol. The number of benzene rings is 2. The fourth-order valence-corrected chi connectivity index (χ4v) is 2.28. The van der Waals surface area contributed by atoms with Gasteiger partial charge in [0.2, 0.25) is 0 Å². The van der Waals surface area contributed by atoms with Gasteiger partial charge in [0.25, 0.3) is 5.91 Å². The molecule has 0 saturated carbocycles. The number of hydrogen-bond donors (Lipinski definition) is 1. The molecule has 0 aliphatic heterocycles. The van der Waals surface area contributed by atoms with E-state index in [1.807, 2.05) is 60.7 Å². The summed E-state index contributed by atoms with van der Waals surface area (Å²) in [5.74, 6) is 0.806. The van der Waals surface area contributed by atoms with Gasteiger partial charge in [0.15, 0.2) is 5.76 Å². The van der Waals surface area contributed by atoms with Crippen LogP contribution < -0.4 is 10.1 Å². The summed E-state index contributed by atoms with van der Waals surface area (Å²) >= 11 is 0. The Morgan fingerprint density at radius 3 is 2.71 bits per heavy atom. The van der Waals surface area contributed by atoms with Gasteiger partial charge in [-0.05, 0) is 41.5 Å². The molecule has 4 nitrogen and oxygen atoms in total. The number of carbonyl (C=O) groups excluding carboxylic acids is 1. The molecule has 0 bridgehead atoms. The van der Waals surface area contributed by atoms with Crippen LogP contribution in [-0.4, -0.2) is 13.0 Å². The summed E-state index contributed by atoms with van der Waals surface area (Å²) in [5.41, 5.74) is 2.64. The van der Waals surface area contributed by atoms with Crippen molar-refractivity contribution in [3.63, 3.8) is 0 Å². The molecule has 24 heavy (non-hydrogen) atoms. The van der Waals surface area contributed by atoms with Crippen molar-refractivity contribution in [1.82, 2.24) is 0 Å². The van der Waals surface area contributed by atoms with Crippen molar-refractivity contribution < 1.29 is 13.9 Å². The molecule has 1 heterocycles. The summed E-state index contributed by atoms with van der Waals surface area (Å²) in [6, 6.07) is 18.7. The van der Waals surface area contributed by atoms with Crippen molar-refractivity contribution in [2.75, 3.05) is 12.4 Å². The van der Waals surface area contributed by atoms with Crippen molar-refractivity contribution in [2.45, 2.75) is 0 Å². The van der Waals surface area contributed by atoms with Gasteiger partial charge >= 0.3 is 0 Å². The van der Waals surface area contributed by atoms with E-state index in [9.17, 15) is 4.79 Å². The first-order valence-electron chi connectivity index (χ1n) is 7.52. The molecule has 0 aliphatic rings. The van der Waals surface area contributed by atoms with Gasteiger partial charge in [-0.3, -0.25) is 4.79 Å². The van der Waals surface area contributed by atoms with Gasteiger partial charge in [-0.2, -0.15) is 0 Å². The maximum absolute atomic E-state index is 12.1. The summed E-state index contributed by atoms with van der Waals surface area (Å²) in [7, 11) is 1.64. The number of amides is 1. The van der Waals surface area contributed by atoms with E-state index in [1.54, 1.807) is 19.2 Å². The Kier molecular flexibility index (Phi) is 4.77. The molecule has 0 atom stereocenters. The first-order valence-corrected chi connectivity index (χ1v) is 7.52. The third-order valence-corrected chi connectivity index (χ3v) is 3.50. The summed E-state index contributed by atoms with van der Waals surface area (Å²) in [6.45, 7) is 0. The number of methoxy groups -OCH3 is 1. The SMILES string of the molecule is COc1cccc(/C=C/c2ccccc2NC(=O)c2ccco2)c1. The number of ether oxygens (including phenoxy) is 1. The standard InChI is InChI=1S/C20H17NO3/c1-23-17-8-4-6-15(14-17)11-12-16-7-2-3-9-18(16)21-20(22)19-10-5-13-24-19/h2-14H,1H3,(H,21,22)/b12-11+. The van der Waals surface area contributed by atoms with Gasteiger partial charge in [0, 0.05) is 5.69 Å². The zero-order valence-corrected chi connectivity index (χ0v) is 13.2. The molecule has 0 spiro atoms. The predicted octanol–water partition coefficient (Wildman–Crippen LogP) is 4.71. The van der Waals surface area contributed by atoms with E-state index in [-0.39, 0.29) is 11.7 Å². The smallest absolute Gasteiger partial charge is 0.291 e. The van der Waals surface area contributed by atoms with Crippen LogP contribution in [0.4, 0.5) is 5.69 Å². The van der Waals surface area contributed by atoms with Crippen LogP contribution in [0.5, 0.6) is 5.75 Å². The Hall–Kier alpha value is -3.27. The van der Waals surface area contributed by atoms with E-state index in [2.05, 4.69) is 5.32 Å². The number of rotatable bonds is 5. The van der Waals surface area contributed by atoms with Gasteiger partial charge in [-0.25, -0.2) is 0 Å². The fourth-order valence-electron chi connectivity index (χ4n) is 2.28. The van der Waals surface area contributed by atoms with Crippen LogP contribution in [0.25, 0.3) is 12.2 Å². The van der Waals surface area contributed by atoms with Crippen molar-refractivity contribution in [1.29, 1.82) is 0 Å².